The molecule has 0 unspecified atom stereocenters. The molecular weight excluding hydrogens is 271 g/mol. The molecule has 0 fully saturated rings. The Labute approximate surface area is 121 Å². The minimum Gasteiger partial charge on any atom is -0.368 e. The van der Waals surface area contributed by atoms with Crippen LogP contribution in [0.3, 0.4) is 0 Å². The SMILES string of the molecule is NC(=O)Cn1nc(Cc2ccc(F)cc2)c2c1CCNC2. The zero-order valence-electron chi connectivity index (χ0n) is 11.6. The molecule has 110 valence electrons. The maximum atomic E-state index is 13.0. The monoisotopic (exact) mass is 288 g/mol. The van der Waals surface area contributed by atoms with Crippen LogP contribution in [0.25, 0.3) is 0 Å². The average molecular weight is 288 g/mol. The van der Waals surface area contributed by atoms with Crippen molar-refractivity contribution in [2.24, 2.45) is 5.73 Å². The van der Waals surface area contributed by atoms with Crippen LogP contribution in [0.15, 0.2) is 24.3 Å². The third kappa shape index (κ3) is 2.95. The highest BCUT2D eigenvalue weighted by Crippen LogP contribution is 2.21. The number of rotatable bonds is 4. The van der Waals surface area contributed by atoms with E-state index < -0.39 is 5.91 Å². The highest BCUT2D eigenvalue weighted by Gasteiger charge is 2.21. The fraction of sp³-hybridized carbons (Fsp3) is 0.333. The van der Waals surface area contributed by atoms with Crippen LogP contribution >= 0.6 is 0 Å². The molecule has 2 aromatic rings. The van der Waals surface area contributed by atoms with Crippen molar-refractivity contribution in [1.29, 1.82) is 0 Å². The number of carbonyl (C=O) groups excluding carboxylic acids is 1. The quantitative estimate of drug-likeness (QED) is 0.871. The van der Waals surface area contributed by atoms with Gasteiger partial charge in [0.2, 0.25) is 5.91 Å². The summed E-state index contributed by atoms with van der Waals surface area (Å²) < 4.78 is 14.7. The van der Waals surface area contributed by atoms with Crippen LogP contribution in [-0.2, 0) is 30.7 Å². The fourth-order valence-corrected chi connectivity index (χ4v) is 2.71. The van der Waals surface area contributed by atoms with Gasteiger partial charge in [-0.25, -0.2) is 4.39 Å². The maximum Gasteiger partial charge on any atom is 0.239 e. The molecule has 0 atom stereocenters. The van der Waals surface area contributed by atoms with Gasteiger partial charge in [-0.2, -0.15) is 5.10 Å². The van der Waals surface area contributed by atoms with E-state index in [0.717, 1.165) is 42.0 Å². The Morgan fingerprint density at radius 3 is 2.86 bits per heavy atom. The minimum absolute atomic E-state index is 0.103. The summed E-state index contributed by atoms with van der Waals surface area (Å²) in [6, 6.07) is 6.40. The van der Waals surface area contributed by atoms with E-state index in [4.69, 9.17) is 5.73 Å². The first-order valence-corrected chi connectivity index (χ1v) is 6.94. The summed E-state index contributed by atoms with van der Waals surface area (Å²) >= 11 is 0. The summed E-state index contributed by atoms with van der Waals surface area (Å²) in [6.45, 7) is 1.71. The van der Waals surface area contributed by atoms with E-state index in [2.05, 4.69) is 10.4 Å². The van der Waals surface area contributed by atoms with E-state index in [1.165, 1.54) is 12.1 Å². The van der Waals surface area contributed by atoms with Gasteiger partial charge < -0.3 is 11.1 Å². The molecule has 6 heteroatoms. The van der Waals surface area contributed by atoms with Crippen LogP contribution in [0.2, 0.25) is 0 Å². The summed E-state index contributed by atoms with van der Waals surface area (Å²) in [6.07, 6.45) is 1.45. The first kappa shape index (κ1) is 13.8. The number of nitrogens with one attached hydrogen (secondary N) is 1. The summed E-state index contributed by atoms with van der Waals surface area (Å²) in [5, 5.41) is 7.85. The molecule has 1 amide bonds. The van der Waals surface area contributed by atoms with Crippen molar-refractivity contribution in [3.05, 3.63) is 52.6 Å². The molecule has 5 nitrogen and oxygen atoms in total. The van der Waals surface area contributed by atoms with E-state index in [1.54, 1.807) is 16.8 Å². The van der Waals surface area contributed by atoms with Crippen LogP contribution in [0.1, 0.15) is 22.5 Å². The van der Waals surface area contributed by atoms with Gasteiger partial charge in [0.1, 0.15) is 12.4 Å². The van der Waals surface area contributed by atoms with Crippen LogP contribution < -0.4 is 11.1 Å². The summed E-state index contributed by atoms with van der Waals surface area (Å²) in [5.41, 5.74) is 9.40. The predicted octanol–water partition coefficient (Wildman–Crippen LogP) is 0.744. The number of nitrogens with two attached hydrogens (primary N) is 1. The first-order chi connectivity index (χ1) is 10.1. The summed E-state index contributed by atoms with van der Waals surface area (Å²) in [7, 11) is 0. The number of nitrogens with zero attached hydrogens (tertiary/aromatic N) is 2. The van der Waals surface area contributed by atoms with Gasteiger partial charge in [-0.3, -0.25) is 9.48 Å². The second-order valence-corrected chi connectivity index (χ2v) is 5.23. The topological polar surface area (TPSA) is 72.9 Å². The number of aromatic nitrogens is 2. The summed E-state index contributed by atoms with van der Waals surface area (Å²) in [5.74, 6) is -0.645. The molecule has 0 aliphatic carbocycles. The first-order valence-electron chi connectivity index (χ1n) is 6.94. The van der Waals surface area contributed by atoms with Crippen molar-refractivity contribution in [3.8, 4) is 0 Å². The van der Waals surface area contributed by atoms with Gasteiger partial charge >= 0.3 is 0 Å². The number of hydrogen-bond donors (Lipinski definition) is 2. The van der Waals surface area contributed by atoms with Gasteiger partial charge in [0, 0.05) is 37.2 Å². The second kappa shape index (κ2) is 5.65. The molecule has 0 saturated heterocycles. The zero-order valence-corrected chi connectivity index (χ0v) is 11.6. The van der Waals surface area contributed by atoms with Crippen molar-refractivity contribution in [2.45, 2.75) is 25.9 Å². The molecule has 21 heavy (non-hydrogen) atoms. The lowest BCUT2D eigenvalue weighted by molar-refractivity contribution is -0.118. The number of halogens is 1. The lowest BCUT2D eigenvalue weighted by Gasteiger charge is -2.15. The Morgan fingerprint density at radius 1 is 1.38 bits per heavy atom. The third-order valence-corrected chi connectivity index (χ3v) is 3.68. The number of benzene rings is 1. The molecule has 3 rings (SSSR count). The van der Waals surface area contributed by atoms with Gasteiger partial charge in [0.15, 0.2) is 0 Å². The molecule has 1 aliphatic heterocycles. The second-order valence-electron chi connectivity index (χ2n) is 5.23. The molecule has 3 N–H and O–H groups in total. The molecule has 0 spiro atoms. The maximum absolute atomic E-state index is 13.0. The Hall–Kier alpha value is -2.21. The van der Waals surface area contributed by atoms with E-state index in [0.29, 0.717) is 6.42 Å². The van der Waals surface area contributed by atoms with Gasteiger partial charge in [-0.1, -0.05) is 12.1 Å². The van der Waals surface area contributed by atoms with E-state index in [1.807, 2.05) is 0 Å². The normalized spacial score (nSPS) is 14.0. The lowest BCUT2D eigenvalue weighted by atomic mass is 10.0. The number of amides is 1. The smallest absolute Gasteiger partial charge is 0.239 e. The number of primary amides is 1. The molecular formula is C15H17FN4O. The highest BCUT2D eigenvalue weighted by molar-refractivity contribution is 5.73. The van der Waals surface area contributed by atoms with Crippen LogP contribution in [0.4, 0.5) is 4.39 Å². The Balaban J connectivity index is 1.92. The fourth-order valence-electron chi connectivity index (χ4n) is 2.71. The van der Waals surface area contributed by atoms with Gasteiger partial charge in [-0.05, 0) is 17.7 Å². The Kier molecular flexibility index (Phi) is 3.70. The Morgan fingerprint density at radius 2 is 2.14 bits per heavy atom. The number of fused-ring (bicyclic) bond motifs is 1. The van der Waals surface area contributed by atoms with Crippen molar-refractivity contribution >= 4 is 5.91 Å². The minimum atomic E-state index is -0.396. The van der Waals surface area contributed by atoms with Crippen molar-refractivity contribution in [3.63, 3.8) is 0 Å². The van der Waals surface area contributed by atoms with Crippen molar-refractivity contribution in [2.75, 3.05) is 6.54 Å². The molecule has 2 heterocycles. The third-order valence-electron chi connectivity index (χ3n) is 3.68. The number of hydrogen-bond acceptors (Lipinski definition) is 3. The zero-order chi connectivity index (χ0) is 14.8. The van der Waals surface area contributed by atoms with Crippen LogP contribution in [0, 0.1) is 5.82 Å². The van der Waals surface area contributed by atoms with E-state index >= 15 is 0 Å². The Bertz CT molecular complexity index is 663. The lowest BCUT2D eigenvalue weighted by Crippen LogP contribution is -2.27. The average Bonchev–Trinajstić information content (AvgIpc) is 2.79. The van der Waals surface area contributed by atoms with E-state index in [-0.39, 0.29) is 12.4 Å². The standard InChI is InChI=1S/C15H17FN4O/c16-11-3-1-10(2-4-11)7-13-12-8-18-6-5-14(12)20(19-13)9-15(17)21/h1-4,18H,5-9H2,(H2,17,21). The molecule has 0 bridgehead atoms. The molecule has 1 aliphatic rings. The van der Waals surface area contributed by atoms with E-state index in [9.17, 15) is 9.18 Å². The molecule has 0 radical (unpaired) electrons. The number of carbonyl (C=O) groups is 1. The summed E-state index contributed by atoms with van der Waals surface area (Å²) in [4.78, 5) is 11.2. The van der Waals surface area contributed by atoms with Gasteiger partial charge in [-0.15, -0.1) is 0 Å². The van der Waals surface area contributed by atoms with Crippen molar-refractivity contribution < 1.29 is 9.18 Å². The van der Waals surface area contributed by atoms with Gasteiger partial charge in [0.25, 0.3) is 0 Å². The van der Waals surface area contributed by atoms with Crippen LogP contribution in [-0.4, -0.2) is 22.2 Å². The predicted molar refractivity (Wildman–Crippen MR) is 76.0 cm³/mol. The van der Waals surface area contributed by atoms with Crippen LogP contribution in [0.5, 0.6) is 0 Å². The molecule has 1 aromatic carbocycles. The van der Waals surface area contributed by atoms with Gasteiger partial charge in [0.05, 0.1) is 5.69 Å². The molecule has 1 aromatic heterocycles. The highest BCUT2D eigenvalue weighted by atomic mass is 19.1. The molecule has 0 saturated carbocycles. The van der Waals surface area contributed by atoms with Crippen molar-refractivity contribution in [1.82, 2.24) is 15.1 Å². The largest absolute Gasteiger partial charge is 0.368 e.